The number of fused-ring (bicyclic) bond motifs is 3. The summed E-state index contributed by atoms with van der Waals surface area (Å²) in [5.41, 5.74) is 5.19. The third-order valence-corrected chi connectivity index (χ3v) is 7.98. The van der Waals surface area contributed by atoms with Crippen LogP contribution in [0.25, 0.3) is 16.8 Å². The number of nitrogens with zero attached hydrogens (tertiary/aromatic N) is 1. The van der Waals surface area contributed by atoms with Crippen molar-refractivity contribution in [3.05, 3.63) is 77.9 Å². The number of benzene rings is 3. The summed E-state index contributed by atoms with van der Waals surface area (Å²) in [6, 6.07) is 21.8. The highest BCUT2D eigenvalue weighted by atomic mass is 16.5. The van der Waals surface area contributed by atoms with Gasteiger partial charge >= 0.3 is 0 Å². The normalized spacial score (nSPS) is 14.6. The van der Waals surface area contributed by atoms with Gasteiger partial charge in [0.1, 0.15) is 12.8 Å². The molecule has 196 valence electrons. The first-order chi connectivity index (χ1) is 18.0. The van der Waals surface area contributed by atoms with Crippen LogP contribution >= 0.6 is 0 Å². The average molecular weight is 497 g/mol. The van der Waals surface area contributed by atoms with Gasteiger partial charge in [0.25, 0.3) is 0 Å². The predicted octanol–water partition coefficient (Wildman–Crippen LogP) is 9.86. The Labute approximate surface area is 225 Å². The third kappa shape index (κ3) is 6.72. The van der Waals surface area contributed by atoms with Crippen LogP contribution in [-0.2, 0) is 5.41 Å². The van der Waals surface area contributed by atoms with Crippen LogP contribution in [0.1, 0.15) is 96.1 Å². The highest BCUT2D eigenvalue weighted by molar-refractivity contribution is 6.09. The molecule has 0 aliphatic carbocycles. The molecule has 0 radical (unpaired) electrons. The lowest BCUT2D eigenvalue weighted by atomic mass is 9.79. The zero-order valence-corrected chi connectivity index (χ0v) is 23.6. The molecule has 0 amide bonds. The van der Waals surface area contributed by atoms with Crippen LogP contribution < -0.4 is 4.74 Å². The van der Waals surface area contributed by atoms with Crippen molar-refractivity contribution in [2.45, 2.75) is 90.4 Å². The molecule has 4 rings (SSSR count). The Hall–Kier alpha value is -2.87. The fourth-order valence-electron chi connectivity index (χ4n) is 5.82. The fraction of sp³-hybridized carbons (Fsp3) is 0.457. The number of hydrogen-bond acceptors (Lipinski definition) is 1. The second-order valence-corrected chi connectivity index (χ2v) is 11.2. The zero-order chi connectivity index (χ0) is 26.1. The minimum atomic E-state index is -0.0560. The van der Waals surface area contributed by atoms with E-state index in [9.17, 15) is 0 Å². The lowest BCUT2D eigenvalue weighted by Gasteiger charge is -2.17. The highest BCUT2D eigenvalue weighted by Gasteiger charge is 2.44. The van der Waals surface area contributed by atoms with Crippen LogP contribution in [0.5, 0.6) is 5.75 Å². The van der Waals surface area contributed by atoms with Gasteiger partial charge in [-0.25, -0.2) is 0 Å². The van der Waals surface area contributed by atoms with Gasteiger partial charge < -0.3 is 4.74 Å². The summed E-state index contributed by atoms with van der Waals surface area (Å²) in [5.74, 6) is 0.970. The lowest BCUT2D eigenvalue weighted by Crippen LogP contribution is -2.26. The summed E-state index contributed by atoms with van der Waals surface area (Å²) >= 11 is 0. The van der Waals surface area contributed by atoms with Crippen molar-refractivity contribution in [3.63, 3.8) is 0 Å². The van der Waals surface area contributed by atoms with Crippen molar-refractivity contribution < 1.29 is 9.31 Å². The van der Waals surface area contributed by atoms with Gasteiger partial charge in [0.2, 0.25) is 5.69 Å². The molecule has 0 bridgehead atoms. The molecule has 2 nitrogen and oxygen atoms in total. The molecule has 3 aromatic rings. The first-order valence-electron chi connectivity index (χ1n) is 14.6. The van der Waals surface area contributed by atoms with Gasteiger partial charge in [-0.2, -0.15) is 4.58 Å². The molecule has 1 aliphatic rings. The number of hydrogen-bond donors (Lipinski definition) is 0. The Bertz CT molecular complexity index is 1220. The number of rotatable bonds is 14. The molecule has 0 spiro atoms. The Kier molecular flexibility index (Phi) is 9.61. The Morgan fingerprint density at radius 3 is 2.08 bits per heavy atom. The van der Waals surface area contributed by atoms with E-state index in [1.165, 1.54) is 91.1 Å². The van der Waals surface area contributed by atoms with E-state index in [0.717, 1.165) is 18.8 Å². The molecule has 0 saturated carbocycles. The molecule has 1 heterocycles. The molecule has 0 saturated heterocycles. The van der Waals surface area contributed by atoms with Crippen molar-refractivity contribution in [3.8, 4) is 5.75 Å². The maximum absolute atomic E-state index is 6.01. The van der Waals surface area contributed by atoms with Gasteiger partial charge in [-0.3, -0.25) is 0 Å². The van der Waals surface area contributed by atoms with E-state index >= 15 is 0 Å². The van der Waals surface area contributed by atoms with E-state index in [1.54, 1.807) is 0 Å². The van der Waals surface area contributed by atoms with E-state index in [2.05, 4.69) is 105 Å². The zero-order valence-electron chi connectivity index (χ0n) is 23.6. The van der Waals surface area contributed by atoms with Crippen molar-refractivity contribution >= 4 is 28.2 Å². The number of ether oxygens (including phenoxy) is 1. The van der Waals surface area contributed by atoms with Gasteiger partial charge in [-0.15, -0.1) is 0 Å². The minimum Gasteiger partial charge on any atom is -0.494 e. The summed E-state index contributed by atoms with van der Waals surface area (Å²) in [6.07, 6.45) is 18.0. The van der Waals surface area contributed by atoms with Crippen LogP contribution in [0.2, 0.25) is 0 Å². The second kappa shape index (κ2) is 13.1. The second-order valence-electron chi connectivity index (χ2n) is 11.2. The van der Waals surface area contributed by atoms with E-state index in [4.69, 9.17) is 4.74 Å². The molecular weight excluding hydrogens is 450 g/mol. The van der Waals surface area contributed by atoms with E-state index in [1.807, 2.05) is 0 Å². The van der Waals surface area contributed by atoms with Crippen LogP contribution in [0.4, 0.5) is 5.69 Å². The smallest absolute Gasteiger partial charge is 0.210 e. The maximum Gasteiger partial charge on any atom is 0.210 e. The van der Waals surface area contributed by atoms with E-state index in [-0.39, 0.29) is 5.41 Å². The van der Waals surface area contributed by atoms with Crippen molar-refractivity contribution in [2.24, 2.45) is 0 Å². The largest absolute Gasteiger partial charge is 0.494 e. The van der Waals surface area contributed by atoms with Gasteiger partial charge in [0, 0.05) is 17.7 Å². The molecule has 0 fully saturated rings. The van der Waals surface area contributed by atoms with E-state index < -0.39 is 0 Å². The first-order valence-corrected chi connectivity index (χ1v) is 14.6. The molecule has 0 unspecified atom stereocenters. The average Bonchev–Trinajstić information content (AvgIpc) is 3.11. The third-order valence-electron chi connectivity index (χ3n) is 7.98. The minimum absolute atomic E-state index is 0.0560. The summed E-state index contributed by atoms with van der Waals surface area (Å²) in [5, 5.41) is 2.66. The molecular formula is C35H46NO+. The Morgan fingerprint density at radius 1 is 0.730 bits per heavy atom. The molecule has 0 aromatic heterocycles. The van der Waals surface area contributed by atoms with Crippen LogP contribution in [0.3, 0.4) is 0 Å². The highest BCUT2D eigenvalue weighted by Crippen LogP contribution is 2.43. The summed E-state index contributed by atoms with van der Waals surface area (Å²) in [7, 11) is 2.19. The van der Waals surface area contributed by atoms with Gasteiger partial charge in [0.15, 0.2) is 5.71 Å². The van der Waals surface area contributed by atoms with Crippen molar-refractivity contribution in [1.82, 2.24) is 0 Å². The Morgan fingerprint density at radius 2 is 1.38 bits per heavy atom. The number of allylic oxidation sites excluding steroid dienone is 1. The van der Waals surface area contributed by atoms with Gasteiger partial charge in [0.05, 0.1) is 12.0 Å². The molecule has 1 aliphatic heterocycles. The SMILES string of the molecule is CCCCCCCCCCCCOc1ccc(/C=C/C2=[N+](C)c3ccc4ccccc4c3C2(C)C)cc1. The summed E-state index contributed by atoms with van der Waals surface area (Å²) in [4.78, 5) is 0. The summed E-state index contributed by atoms with van der Waals surface area (Å²) in [6.45, 7) is 7.77. The quantitative estimate of drug-likeness (QED) is 0.160. The van der Waals surface area contributed by atoms with Crippen LogP contribution in [0.15, 0.2) is 66.7 Å². The summed E-state index contributed by atoms with van der Waals surface area (Å²) < 4.78 is 8.36. The van der Waals surface area contributed by atoms with Gasteiger partial charge in [-0.05, 0) is 60.9 Å². The van der Waals surface area contributed by atoms with Crippen LogP contribution in [-0.4, -0.2) is 23.9 Å². The maximum atomic E-state index is 6.01. The van der Waals surface area contributed by atoms with Crippen molar-refractivity contribution in [2.75, 3.05) is 13.7 Å². The molecule has 3 aromatic carbocycles. The predicted molar refractivity (Wildman–Crippen MR) is 161 cm³/mol. The van der Waals surface area contributed by atoms with Gasteiger partial charge in [-0.1, -0.05) is 101 Å². The molecule has 2 heteroatoms. The molecule has 0 atom stereocenters. The Balaban J connectivity index is 1.25. The monoisotopic (exact) mass is 496 g/mol. The lowest BCUT2D eigenvalue weighted by molar-refractivity contribution is -0.401. The first kappa shape index (κ1) is 27.2. The molecule has 0 N–H and O–H groups in total. The number of unbranched alkanes of at least 4 members (excludes halogenated alkanes) is 9. The van der Waals surface area contributed by atoms with Crippen molar-refractivity contribution in [1.29, 1.82) is 0 Å². The molecule has 37 heavy (non-hydrogen) atoms. The topological polar surface area (TPSA) is 12.2 Å². The van der Waals surface area contributed by atoms with Crippen LogP contribution in [0, 0.1) is 0 Å². The standard InChI is InChI=1S/C35H46NO/c1-5-6-7-8-9-10-11-12-13-16-27-37-30-23-19-28(20-24-30)21-26-33-35(2,3)34-31-18-15-14-17-29(31)22-25-32(34)36(33)4/h14-15,17-26H,5-13,16,27H2,1-4H3/q+1/b26-21+. The van der Waals surface area contributed by atoms with E-state index in [0.29, 0.717) is 0 Å². The fourth-order valence-corrected chi connectivity index (χ4v) is 5.82.